The van der Waals surface area contributed by atoms with Gasteiger partial charge in [-0.3, -0.25) is 4.79 Å². The zero-order valence-corrected chi connectivity index (χ0v) is 13.9. The van der Waals surface area contributed by atoms with E-state index in [1.54, 1.807) is 30.3 Å². The van der Waals surface area contributed by atoms with Gasteiger partial charge in [0, 0.05) is 16.9 Å². The summed E-state index contributed by atoms with van der Waals surface area (Å²) < 4.78 is 0.885. The molecule has 3 rings (SSSR count). The number of carbonyl (C=O) groups is 1. The summed E-state index contributed by atoms with van der Waals surface area (Å²) in [7, 11) is 0. The van der Waals surface area contributed by atoms with Gasteiger partial charge in [-0.2, -0.15) is 4.98 Å². The smallest absolute Gasteiger partial charge is 0.335 e. The van der Waals surface area contributed by atoms with Crippen LogP contribution in [0.2, 0.25) is 0 Å². The van der Waals surface area contributed by atoms with Gasteiger partial charge in [-0.15, -0.1) is 0 Å². The molecular formula is C18H16N2O3S. The lowest BCUT2D eigenvalue weighted by Gasteiger charge is -2.22. The lowest BCUT2D eigenvalue weighted by molar-refractivity contribution is 0.0697. The summed E-state index contributed by atoms with van der Waals surface area (Å²) in [5.74, 6) is -0.961. The Morgan fingerprint density at radius 1 is 1.17 bits per heavy atom. The van der Waals surface area contributed by atoms with Crippen LogP contribution in [0.25, 0.3) is 10.1 Å². The Morgan fingerprint density at radius 3 is 2.54 bits per heavy atom. The first-order chi connectivity index (χ1) is 11.6. The molecule has 0 atom stereocenters. The predicted molar refractivity (Wildman–Crippen MR) is 96.6 cm³/mol. The molecule has 1 aromatic heterocycles. The Hall–Kier alpha value is -2.73. The third-order valence-corrected chi connectivity index (χ3v) is 4.69. The van der Waals surface area contributed by atoms with Gasteiger partial charge in [0.1, 0.15) is 0 Å². The molecule has 0 fully saturated rings. The number of anilines is 2. The first-order valence-corrected chi connectivity index (χ1v) is 8.42. The van der Waals surface area contributed by atoms with Gasteiger partial charge in [0.2, 0.25) is 0 Å². The maximum atomic E-state index is 12.3. The minimum Gasteiger partial charge on any atom is -0.478 e. The predicted octanol–water partition coefficient (Wildman–Crippen LogP) is 3.90. The van der Waals surface area contributed by atoms with E-state index < -0.39 is 5.97 Å². The normalized spacial score (nSPS) is 10.7. The molecule has 0 aliphatic rings. The van der Waals surface area contributed by atoms with Crippen LogP contribution in [0.5, 0.6) is 0 Å². The van der Waals surface area contributed by atoms with Crippen molar-refractivity contribution in [2.75, 3.05) is 11.4 Å². The van der Waals surface area contributed by atoms with Crippen molar-refractivity contribution in [1.82, 2.24) is 4.98 Å². The van der Waals surface area contributed by atoms with Gasteiger partial charge in [-0.1, -0.05) is 30.4 Å². The SMILES string of the molecule is CCCN(c1ccc(C(=O)O)cc1)c1nc(=O)c2ccccc2s1. The minimum absolute atomic E-state index is 0.231. The molecule has 0 saturated heterocycles. The Morgan fingerprint density at radius 2 is 1.88 bits per heavy atom. The molecule has 0 saturated carbocycles. The molecular weight excluding hydrogens is 324 g/mol. The second-order valence-electron chi connectivity index (χ2n) is 5.30. The van der Waals surface area contributed by atoms with E-state index in [-0.39, 0.29) is 11.1 Å². The third kappa shape index (κ3) is 3.14. The van der Waals surface area contributed by atoms with Crippen LogP contribution in [-0.2, 0) is 0 Å². The molecule has 3 aromatic rings. The lowest BCUT2D eigenvalue weighted by atomic mass is 10.2. The number of fused-ring (bicyclic) bond motifs is 1. The zero-order valence-electron chi connectivity index (χ0n) is 13.1. The van der Waals surface area contributed by atoms with Crippen LogP contribution in [-0.4, -0.2) is 22.6 Å². The van der Waals surface area contributed by atoms with Gasteiger partial charge in [-0.25, -0.2) is 4.79 Å². The van der Waals surface area contributed by atoms with Crippen molar-refractivity contribution in [1.29, 1.82) is 0 Å². The highest BCUT2D eigenvalue weighted by Gasteiger charge is 2.14. The fourth-order valence-electron chi connectivity index (χ4n) is 2.46. The second kappa shape index (κ2) is 6.80. The number of benzene rings is 2. The van der Waals surface area contributed by atoms with Gasteiger partial charge in [-0.05, 0) is 42.8 Å². The van der Waals surface area contributed by atoms with Crippen LogP contribution in [0.4, 0.5) is 10.8 Å². The highest BCUT2D eigenvalue weighted by Crippen LogP contribution is 2.30. The second-order valence-corrected chi connectivity index (χ2v) is 6.31. The van der Waals surface area contributed by atoms with Gasteiger partial charge >= 0.3 is 5.97 Å². The maximum absolute atomic E-state index is 12.3. The van der Waals surface area contributed by atoms with Gasteiger partial charge in [0.05, 0.1) is 10.9 Å². The van der Waals surface area contributed by atoms with Crippen LogP contribution in [0.1, 0.15) is 23.7 Å². The van der Waals surface area contributed by atoms with Crippen LogP contribution in [0.15, 0.2) is 53.3 Å². The molecule has 0 radical (unpaired) electrons. The Balaban J connectivity index is 2.08. The lowest BCUT2D eigenvalue weighted by Crippen LogP contribution is -2.21. The van der Waals surface area contributed by atoms with Crippen LogP contribution >= 0.6 is 11.3 Å². The molecule has 0 unspecified atom stereocenters. The molecule has 6 heteroatoms. The zero-order chi connectivity index (χ0) is 17.1. The van der Waals surface area contributed by atoms with Crippen LogP contribution in [0.3, 0.4) is 0 Å². The van der Waals surface area contributed by atoms with Crippen molar-refractivity contribution in [3.8, 4) is 0 Å². The van der Waals surface area contributed by atoms with Crippen molar-refractivity contribution < 1.29 is 9.90 Å². The van der Waals surface area contributed by atoms with E-state index >= 15 is 0 Å². The first kappa shape index (κ1) is 16.1. The molecule has 0 bridgehead atoms. The van der Waals surface area contributed by atoms with E-state index in [0.29, 0.717) is 17.1 Å². The van der Waals surface area contributed by atoms with Gasteiger partial charge < -0.3 is 10.0 Å². The monoisotopic (exact) mass is 340 g/mol. The number of hydrogen-bond acceptors (Lipinski definition) is 5. The standard InChI is InChI=1S/C18H16N2O3S/c1-2-11-20(13-9-7-12(8-10-13)17(22)23)18-19-16(21)14-5-3-4-6-15(14)24-18/h3-10H,2,11H2,1H3,(H,22,23). The van der Waals surface area contributed by atoms with E-state index in [4.69, 9.17) is 5.11 Å². The summed E-state index contributed by atoms with van der Waals surface area (Å²) in [6, 6.07) is 14.0. The Bertz CT molecular complexity index is 935. The Kier molecular flexibility index (Phi) is 4.57. The average Bonchev–Trinajstić information content (AvgIpc) is 2.60. The number of aromatic carboxylic acids is 1. The molecule has 1 N–H and O–H groups in total. The van der Waals surface area contributed by atoms with E-state index in [1.807, 2.05) is 30.0 Å². The molecule has 2 aromatic carbocycles. The maximum Gasteiger partial charge on any atom is 0.335 e. The number of hydrogen-bond donors (Lipinski definition) is 1. The first-order valence-electron chi connectivity index (χ1n) is 7.61. The van der Waals surface area contributed by atoms with Crippen molar-refractivity contribution in [3.63, 3.8) is 0 Å². The number of carboxylic acids is 1. The highest BCUT2D eigenvalue weighted by atomic mass is 32.1. The van der Waals surface area contributed by atoms with E-state index in [1.165, 1.54) is 11.3 Å². The summed E-state index contributed by atoms with van der Waals surface area (Å²) in [4.78, 5) is 29.5. The van der Waals surface area contributed by atoms with Crippen LogP contribution < -0.4 is 10.5 Å². The molecule has 1 heterocycles. The fraction of sp³-hybridized carbons (Fsp3) is 0.167. The average molecular weight is 340 g/mol. The molecule has 0 amide bonds. The summed E-state index contributed by atoms with van der Waals surface area (Å²) in [6.45, 7) is 2.73. The topological polar surface area (TPSA) is 70.5 Å². The molecule has 0 aliphatic heterocycles. The molecule has 0 spiro atoms. The molecule has 24 heavy (non-hydrogen) atoms. The summed E-state index contributed by atoms with van der Waals surface area (Å²) in [5.41, 5.74) is 0.803. The molecule has 0 aliphatic carbocycles. The minimum atomic E-state index is -0.961. The van der Waals surface area contributed by atoms with Gasteiger partial charge in [0.25, 0.3) is 5.56 Å². The number of rotatable bonds is 5. The molecule has 5 nitrogen and oxygen atoms in total. The van der Waals surface area contributed by atoms with Crippen molar-refractivity contribution in [3.05, 3.63) is 64.4 Å². The number of nitrogens with zero attached hydrogens (tertiary/aromatic N) is 2. The summed E-state index contributed by atoms with van der Waals surface area (Å²) in [5, 5.41) is 10.3. The number of carboxylic acid groups (broad SMARTS) is 1. The highest BCUT2D eigenvalue weighted by molar-refractivity contribution is 7.21. The quantitative estimate of drug-likeness (QED) is 0.763. The fourth-order valence-corrected chi connectivity index (χ4v) is 3.50. The number of aromatic nitrogens is 1. The van der Waals surface area contributed by atoms with Crippen LogP contribution in [0, 0.1) is 0 Å². The van der Waals surface area contributed by atoms with Crippen molar-refractivity contribution >= 4 is 38.2 Å². The molecule has 122 valence electrons. The van der Waals surface area contributed by atoms with Crippen molar-refractivity contribution in [2.24, 2.45) is 0 Å². The largest absolute Gasteiger partial charge is 0.478 e. The van der Waals surface area contributed by atoms with E-state index in [0.717, 1.165) is 16.8 Å². The summed E-state index contributed by atoms with van der Waals surface area (Å²) >= 11 is 1.45. The Labute approximate surface area is 142 Å². The van der Waals surface area contributed by atoms with E-state index in [9.17, 15) is 9.59 Å². The van der Waals surface area contributed by atoms with Gasteiger partial charge in [0.15, 0.2) is 5.13 Å². The third-order valence-electron chi connectivity index (χ3n) is 3.62. The van der Waals surface area contributed by atoms with E-state index in [2.05, 4.69) is 4.98 Å². The summed E-state index contributed by atoms with van der Waals surface area (Å²) in [6.07, 6.45) is 0.871. The van der Waals surface area contributed by atoms with Crippen molar-refractivity contribution in [2.45, 2.75) is 13.3 Å².